The van der Waals surface area contributed by atoms with Gasteiger partial charge in [-0.15, -0.1) is 0 Å². The molecule has 0 bridgehead atoms. The normalized spacial score (nSPS) is 16.7. The molecule has 2 aromatic rings. The molecule has 4 nitrogen and oxygen atoms in total. The van der Waals surface area contributed by atoms with Crippen LogP contribution < -0.4 is 10.1 Å². The van der Waals surface area contributed by atoms with E-state index in [0.717, 1.165) is 35.1 Å². The van der Waals surface area contributed by atoms with Gasteiger partial charge in [0.25, 0.3) is 5.91 Å². The molecule has 1 aliphatic carbocycles. The quantitative estimate of drug-likeness (QED) is 0.799. The van der Waals surface area contributed by atoms with Crippen LogP contribution in [0, 0.1) is 11.8 Å². The van der Waals surface area contributed by atoms with E-state index in [4.69, 9.17) is 9.47 Å². The zero-order valence-electron chi connectivity index (χ0n) is 15.5. The van der Waals surface area contributed by atoms with E-state index in [0.29, 0.717) is 18.4 Å². The molecule has 2 aromatic carbocycles. The molecule has 0 radical (unpaired) electrons. The number of hydrogen-bond acceptors (Lipinski definition) is 3. The second kappa shape index (κ2) is 7.04. The van der Waals surface area contributed by atoms with Crippen LogP contribution in [0.1, 0.15) is 33.6 Å². The van der Waals surface area contributed by atoms with Crippen molar-refractivity contribution in [2.75, 3.05) is 19.0 Å². The predicted octanol–water partition coefficient (Wildman–Crippen LogP) is 4.63. The smallest absolute Gasteiger partial charge is 0.256 e. The molecule has 4 heteroatoms. The summed E-state index contributed by atoms with van der Waals surface area (Å²) in [5.41, 5.74) is 0.0231. The molecular formula is C21H27NO3. The highest BCUT2D eigenvalue weighted by Gasteiger charge is 2.47. The summed E-state index contributed by atoms with van der Waals surface area (Å²) >= 11 is 0. The number of carbonyl (C=O) groups excluding carboxylic acids is 1. The number of anilines is 1. The fourth-order valence-electron chi connectivity index (χ4n) is 3.09. The van der Waals surface area contributed by atoms with Gasteiger partial charge in [-0.2, -0.15) is 0 Å². The monoisotopic (exact) mass is 341 g/mol. The summed E-state index contributed by atoms with van der Waals surface area (Å²) in [5, 5.41) is 5.05. The van der Waals surface area contributed by atoms with Gasteiger partial charge in [-0.1, -0.05) is 38.1 Å². The minimum atomic E-state index is -0.770. The van der Waals surface area contributed by atoms with E-state index < -0.39 is 5.60 Å². The average molecular weight is 341 g/mol. The summed E-state index contributed by atoms with van der Waals surface area (Å²) in [7, 11) is 1.61. The number of carbonyl (C=O) groups is 1. The lowest BCUT2D eigenvalue weighted by Gasteiger charge is -2.27. The minimum Gasteiger partial charge on any atom is -0.493 e. The van der Waals surface area contributed by atoms with Gasteiger partial charge in [0.05, 0.1) is 6.61 Å². The van der Waals surface area contributed by atoms with E-state index in [1.807, 2.05) is 43.3 Å². The zero-order valence-corrected chi connectivity index (χ0v) is 15.5. The fraction of sp³-hybridized carbons (Fsp3) is 0.476. The van der Waals surface area contributed by atoms with Gasteiger partial charge < -0.3 is 14.8 Å². The summed E-state index contributed by atoms with van der Waals surface area (Å²) in [6, 6.07) is 11.8. The molecule has 1 fully saturated rings. The van der Waals surface area contributed by atoms with Gasteiger partial charge in [-0.05, 0) is 43.7 Å². The Kier molecular flexibility index (Phi) is 5.00. The largest absolute Gasteiger partial charge is 0.493 e. The van der Waals surface area contributed by atoms with Crippen molar-refractivity contribution in [3.05, 3.63) is 36.4 Å². The number of benzene rings is 2. The molecular weight excluding hydrogens is 314 g/mol. The van der Waals surface area contributed by atoms with E-state index in [1.165, 1.54) is 0 Å². The molecule has 0 spiro atoms. The van der Waals surface area contributed by atoms with Crippen molar-refractivity contribution in [3.63, 3.8) is 0 Å². The van der Waals surface area contributed by atoms with Crippen molar-refractivity contribution in [2.24, 2.45) is 11.8 Å². The van der Waals surface area contributed by atoms with Crippen molar-refractivity contribution in [1.82, 2.24) is 0 Å². The summed E-state index contributed by atoms with van der Waals surface area (Å²) in [5.74, 6) is 1.52. The van der Waals surface area contributed by atoms with Crippen LogP contribution in [0.3, 0.4) is 0 Å². The summed E-state index contributed by atoms with van der Waals surface area (Å²) in [4.78, 5) is 12.8. The first-order chi connectivity index (χ1) is 12.0. The highest BCUT2D eigenvalue weighted by Crippen LogP contribution is 2.42. The number of rotatable bonds is 7. The first kappa shape index (κ1) is 17.7. The predicted molar refractivity (Wildman–Crippen MR) is 101 cm³/mol. The van der Waals surface area contributed by atoms with Crippen LogP contribution >= 0.6 is 0 Å². The molecule has 0 heterocycles. The number of methoxy groups -OCH3 is 1. The van der Waals surface area contributed by atoms with Crippen LogP contribution in [-0.4, -0.2) is 25.2 Å². The van der Waals surface area contributed by atoms with Gasteiger partial charge in [0.15, 0.2) is 0 Å². The summed E-state index contributed by atoms with van der Waals surface area (Å²) < 4.78 is 11.5. The van der Waals surface area contributed by atoms with Gasteiger partial charge in [0.2, 0.25) is 0 Å². The maximum absolute atomic E-state index is 12.8. The van der Waals surface area contributed by atoms with Crippen LogP contribution in [0.2, 0.25) is 0 Å². The van der Waals surface area contributed by atoms with E-state index in [9.17, 15) is 4.79 Å². The Morgan fingerprint density at radius 3 is 2.48 bits per heavy atom. The fourth-order valence-corrected chi connectivity index (χ4v) is 3.09. The van der Waals surface area contributed by atoms with Crippen LogP contribution in [0.15, 0.2) is 36.4 Å². The van der Waals surface area contributed by atoms with E-state index in [-0.39, 0.29) is 5.91 Å². The third-order valence-electron chi connectivity index (χ3n) is 4.94. The molecule has 0 aromatic heterocycles. The molecule has 1 amide bonds. The Morgan fingerprint density at radius 1 is 1.20 bits per heavy atom. The van der Waals surface area contributed by atoms with Crippen molar-refractivity contribution in [2.45, 2.75) is 39.2 Å². The van der Waals surface area contributed by atoms with Crippen LogP contribution in [-0.2, 0) is 9.53 Å². The zero-order chi connectivity index (χ0) is 18.0. The van der Waals surface area contributed by atoms with Crippen LogP contribution in [0.4, 0.5) is 5.69 Å². The topological polar surface area (TPSA) is 47.6 Å². The van der Waals surface area contributed by atoms with E-state index >= 15 is 0 Å². The van der Waals surface area contributed by atoms with Gasteiger partial charge in [0.1, 0.15) is 11.4 Å². The summed E-state index contributed by atoms with van der Waals surface area (Å²) in [6.45, 7) is 6.79. The molecule has 1 saturated carbocycles. The van der Waals surface area contributed by atoms with E-state index in [2.05, 4.69) is 19.2 Å². The maximum atomic E-state index is 12.8. The highest BCUT2D eigenvalue weighted by atomic mass is 16.5. The van der Waals surface area contributed by atoms with Gasteiger partial charge >= 0.3 is 0 Å². The molecule has 3 rings (SSSR count). The Balaban J connectivity index is 1.89. The first-order valence-corrected chi connectivity index (χ1v) is 8.97. The average Bonchev–Trinajstić information content (AvgIpc) is 3.45. The Labute approximate surface area is 149 Å². The molecule has 25 heavy (non-hydrogen) atoms. The molecule has 0 aliphatic heterocycles. The lowest BCUT2D eigenvalue weighted by Crippen LogP contribution is -2.44. The third kappa shape index (κ3) is 3.64. The molecule has 1 atom stereocenters. The lowest BCUT2D eigenvalue weighted by atomic mass is 9.98. The SMILES string of the molecule is CO[C@@](C)(C(=O)Nc1ccc(OCC(C)C)c2ccccc12)C1CC1. The minimum absolute atomic E-state index is 0.0847. The van der Waals surface area contributed by atoms with Crippen molar-refractivity contribution in [3.8, 4) is 5.75 Å². The number of amides is 1. The highest BCUT2D eigenvalue weighted by molar-refractivity contribution is 6.06. The molecule has 0 saturated heterocycles. The number of ether oxygens (including phenoxy) is 2. The van der Waals surface area contributed by atoms with Gasteiger partial charge in [-0.3, -0.25) is 4.79 Å². The maximum Gasteiger partial charge on any atom is 0.256 e. The Hall–Kier alpha value is -2.07. The van der Waals surface area contributed by atoms with Crippen molar-refractivity contribution >= 4 is 22.4 Å². The Bertz CT molecular complexity index is 767. The molecule has 134 valence electrons. The van der Waals surface area contributed by atoms with Crippen LogP contribution in [0.25, 0.3) is 10.8 Å². The molecule has 0 unspecified atom stereocenters. The number of fused-ring (bicyclic) bond motifs is 1. The second-order valence-corrected chi connectivity index (χ2v) is 7.40. The number of hydrogen-bond donors (Lipinski definition) is 1. The Morgan fingerprint density at radius 2 is 1.88 bits per heavy atom. The third-order valence-corrected chi connectivity index (χ3v) is 4.94. The van der Waals surface area contributed by atoms with Crippen molar-refractivity contribution < 1.29 is 14.3 Å². The van der Waals surface area contributed by atoms with Crippen LogP contribution in [0.5, 0.6) is 5.75 Å². The second-order valence-electron chi connectivity index (χ2n) is 7.40. The number of nitrogens with one attached hydrogen (secondary N) is 1. The van der Waals surface area contributed by atoms with Gasteiger partial charge in [-0.25, -0.2) is 0 Å². The first-order valence-electron chi connectivity index (χ1n) is 8.97. The molecule has 1 aliphatic rings. The van der Waals surface area contributed by atoms with Crippen molar-refractivity contribution in [1.29, 1.82) is 0 Å². The molecule has 1 N–H and O–H groups in total. The standard InChI is InChI=1S/C21H27NO3/c1-14(2)13-25-19-12-11-18(16-7-5-6-8-17(16)19)22-20(23)21(3,24-4)15-9-10-15/h5-8,11-12,14-15H,9-10,13H2,1-4H3,(H,22,23)/t21-/m1/s1. The van der Waals surface area contributed by atoms with E-state index in [1.54, 1.807) is 7.11 Å². The van der Waals surface area contributed by atoms with Gasteiger partial charge in [0, 0.05) is 23.6 Å². The lowest BCUT2D eigenvalue weighted by molar-refractivity contribution is -0.138. The summed E-state index contributed by atoms with van der Waals surface area (Å²) in [6.07, 6.45) is 2.08.